The maximum atomic E-state index is 12.3. The molecule has 1 aliphatic heterocycles. The predicted octanol–water partition coefficient (Wildman–Crippen LogP) is -0.902. The van der Waals surface area contributed by atoms with Gasteiger partial charge in [-0.3, -0.25) is 4.90 Å². The maximum Gasteiger partial charge on any atom is 0.260 e. The van der Waals surface area contributed by atoms with Crippen LogP contribution in [0.3, 0.4) is 0 Å². The van der Waals surface area contributed by atoms with E-state index in [0.717, 1.165) is 13.0 Å². The van der Waals surface area contributed by atoms with Crippen LogP contribution in [0.5, 0.6) is 0 Å². The SMILES string of the molecule is O=S(=O)(c1cnc[nH]1)N1CCCN(CCO)CC1. The van der Waals surface area contributed by atoms with Crippen LogP contribution in [0, 0.1) is 0 Å². The monoisotopic (exact) mass is 274 g/mol. The number of H-pyrrole nitrogens is 1. The van der Waals surface area contributed by atoms with Crippen LogP contribution < -0.4 is 0 Å². The molecule has 0 radical (unpaired) electrons. The first kappa shape index (κ1) is 13.5. The molecule has 102 valence electrons. The number of imidazole rings is 1. The van der Waals surface area contributed by atoms with Crippen LogP contribution in [0.2, 0.25) is 0 Å². The Bertz CT molecular complexity index is 459. The highest BCUT2D eigenvalue weighted by Crippen LogP contribution is 2.14. The van der Waals surface area contributed by atoms with E-state index in [1.54, 1.807) is 0 Å². The number of β-amino-alcohol motifs (C(OH)–C–C–N with tert-alkyl or cyclic N) is 1. The standard InChI is InChI=1S/C10H18N4O3S/c15-7-6-13-2-1-3-14(5-4-13)18(16,17)10-8-11-9-12-10/h8-9,15H,1-7H2,(H,11,12). The van der Waals surface area contributed by atoms with Crippen molar-refractivity contribution in [1.82, 2.24) is 19.2 Å². The van der Waals surface area contributed by atoms with E-state index in [0.29, 0.717) is 26.2 Å². The first-order valence-corrected chi connectivity index (χ1v) is 7.40. The molecule has 0 saturated carbocycles. The van der Waals surface area contributed by atoms with Gasteiger partial charge in [-0.2, -0.15) is 4.31 Å². The van der Waals surface area contributed by atoms with Crippen LogP contribution in [0.25, 0.3) is 0 Å². The highest BCUT2D eigenvalue weighted by atomic mass is 32.2. The number of nitrogens with zero attached hydrogens (tertiary/aromatic N) is 3. The lowest BCUT2D eigenvalue weighted by Gasteiger charge is -2.20. The van der Waals surface area contributed by atoms with E-state index in [1.165, 1.54) is 16.8 Å². The van der Waals surface area contributed by atoms with Crippen LogP contribution in [-0.2, 0) is 10.0 Å². The van der Waals surface area contributed by atoms with E-state index in [1.807, 2.05) is 0 Å². The molecule has 0 unspecified atom stereocenters. The number of aromatic amines is 1. The Hall–Kier alpha value is -0.960. The number of aliphatic hydroxyl groups excluding tert-OH is 1. The van der Waals surface area contributed by atoms with E-state index in [2.05, 4.69) is 14.9 Å². The van der Waals surface area contributed by atoms with Gasteiger partial charge in [0.2, 0.25) is 0 Å². The highest BCUT2D eigenvalue weighted by Gasteiger charge is 2.27. The summed E-state index contributed by atoms with van der Waals surface area (Å²) in [4.78, 5) is 8.46. The Kier molecular flexibility index (Phi) is 4.33. The molecule has 2 heterocycles. The third-order valence-electron chi connectivity index (χ3n) is 3.05. The van der Waals surface area contributed by atoms with Crippen LogP contribution >= 0.6 is 0 Å². The lowest BCUT2D eigenvalue weighted by molar-refractivity contribution is 0.202. The lowest BCUT2D eigenvalue weighted by Crippen LogP contribution is -2.36. The summed E-state index contributed by atoms with van der Waals surface area (Å²) in [5.41, 5.74) is 0. The number of nitrogens with one attached hydrogen (secondary N) is 1. The summed E-state index contributed by atoms with van der Waals surface area (Å²) in [6.07, 6.45) is 3.46. The van der Waals surface area contributed by atoms with Gasteiger partial charge < -0.3 is 10.1 Å². The van der Waals surface area contributed by atoms with Crippen molar-refractivity contribution in [2.24, 2.45) is 0 Å². The van der Waals surface area contributed by atoms with E-state index in [4.69, 9.17) is 5.11 Å². The molecule has 1 fully saturated rings. The summed E-state index contributed by atoms with van der Waals surface area (Å²) in [5, 5.41) is 9.04. The predicted molar refractivity (Wildman–Crippen MR) is 65.5 cm³/mol. The number of aromatic nitrogens is 2. The van der Waals surface area contributed by atoms with Crippen LogP contribution in [-0.4, -0.2) is 72.0 Å². The third-order valence-corrected chi connectivity index (χ3v) is 4.88. The summed E-state index contributed by atoms with van der Waals surface area (Å²) in [6.45, 7) is 3.11. The second kappa shape index (κ2) is 5.79. The van der Waals surface area contributed by atoms with Gasteiger partial charge in [-0.15, -0.1) is 0 Å². The number of hydrogen-bond acceptors (Lipinski definition) is 5. The molecule has 0 aromatic carbocycles. The summed E-state index contributed by atoms with van der Waals surface area (Å²) >= 11 is 0. The van der Waals surface area contributed by atoms with E-state index < -0.39 is 10.0 Å². The molecule has 7 nitrogen and oxygen atoms in total. The molecule has 2 N–H and O–H groups in total. The van der Waals surface area contributed by atoms with Crippen molar-refractivity contribution in [2.75, 3.05) is 39.3 Å². The molecular weight excluding hydrogens is 256 g/mol. The zero-order chi connectivity index (χ0) is 13.0. The molecule has 1 aromatic heterocycles. The molecule has 0 amide bonds. The number of hydrogen-bond donors (Lipinski definition) is 2. The molecule has 0 spiro atoms. The lowest BCUT2D eigenvalue weighted by atomic mass is 10.4. The maximum absolute atomic E-state index is 12.3. The number of rotatable bonds is 4. The average molecular weight is 274 g/mol. The largest absolute Gasteiger partial charge is 0.395 e. The van der Waals surface area contributed by atoms with E-state index in [-0.39, 0.29) is 11.6 Å². The van der Waals surface area contributed by atoms with Gasteiger partial charge in [0.05, 0.1) is 19.1 Å². The van der Waals surface area contributed by atoms with Crippen molar-refractivity contribution in [1.29, 1.82) is 0 Å². The molecule has 1 saturated heterocycles. The quantitative estimate of drug-likeness (QED) is 0.742. The Morgan fingerprint density at radius 3 is 2.83 bits per heavy atom. The van der Waals surface area contributed by atoms with Gasteiger partial charge in [0.15, 0.2) is 5.03 Å². The Morgan fingerprint density at radius 2 is 2.17 bits per heavy atom. The molecule has 18 heavy (non-hydrogen) atoms. The Labute approximate surface area is 106 Å². The van der Waals surface area contributed by atoms with Crippen LogP contribution in [0.15, 0.2) is 17.6 Å². The molecule has 0 aliphatic carbocycles. The molecule has 1 aliphatic rings. The van der Waals surface area contributed by atoms with Crippen molar-refractivity contribution >= 4 is 10.0 Å². The first-order valence-electron chi connectivity index (χ1n) is 5.96. The van der Waals surface area contributed by atoms with Gasteiger partial charge in [0.1, 0.15) is 0 Å². The number of aliphatic hydroxyl groups is 1. The third kappa shape index (κ3) is 2.89. The van der Waals surface area contributed by atoms with Crippen LogP contribution in [0.1, 0.15) is 6.42 Å². The molecule has 1 aromatic rings. The Morgan fingerprint density at radius 1 is 1.33 bits per heavy atom. The summed E-state index contributed by atoms with van der Waals surface area (Å²) in [5.74, 6) is 0. The minimum atomic E-state index is -3.45. The van der Waals surface area contributed by atoms with Gasteiger partial charge in [0, 0.05) is 26.2 Å². The average Bonchev–Trinajstić information content (AvgIpc) is 2.78. The zero-order valence-corrected chi connectivity index (χ0v) is 10.9. The van der Waals surface area contributed by atoms with Gasteiger partial charge in [-0.05, 0) is 13.0 Å². The smallest absolute Gasteiger partial charge is 0.260 e. The van der Waals surface area contributed by atoms with Gasteiger partial charge >= 0.3 is 0 Å². The molecule has 0 atom stereocenters. The number of sulfonamides is 1. The van der Waals surface area contributed by atoms with E-state index in [9.17, 15) is 8.42 Å². The second-order valence-electron chi connectivity index (χ2n) is 4.24. The Balaban J connectivity index is 2.06. The minimum Gasteiger partial charge on any atom is -0.395 e. The molecule has 0 bridgehead atoms. The van der Waals surface area contributed by atoms with Crippen molar-refractivity contribution in [3.8, 4) is 0 Å². The summed E-state index contributed by atoms with van der Waals surface area (Å²) < 4.78 is 26.0. The molecule has 2 rings (SSSR count). The van der Waals surface area contributed by atoms with Gasteiger partial charge in [-0.25, -0.2) is 13.4 Å². The summed E-state index contributed by atoms with van der Waals surface area (Å²) in [7, 11) is -3.45. The van der Waals surface area contributed by atoms with Gasteiger partial charge in [0.25, 0.3) is 10.0 Å². The molecule has 8 heteroatoms. The van der Waals surface area contributed by atoms with Crippen molar-refractivity contribution < 1.29 is 13.5 Å². The van der Waals surface area contributed by atoms with Crippen LogP contribution in [0.4, 0.5) is 0 Å². The summed E-state index contributed by atoms with van der Waals surface area (Å²) in [6, 6.07) is 0. The topological polar surface area (TPSA) is 89.5 Å². The normalized spacial score (nSPS) is 19.8. The van der Waals surface area contributed by atoms with Gasteiger partial charge in [-0.1, -0.05) is 0 Å². The van der Waals surface area contributed by atoms with E-state index >= 15 is 0 Å². The minimum absolute atomic E-state index is 0.104. The van der Waals surface area contributed by atoms with Crippen molar-refractivity contribution in [2.45, 2.75) is 11.4 Å². The fourth-order valence-corrected chi connectivity index (χ4v) is 3.44. The van der Waals surface area contributed by atoms with Crippen molar-refractivity contribution in [3.05, 3.63) is 12.5 Å². The first-order chi connectivity index (χ1) is 8.64. The fraction of sp³-hybridized carbons (Fsp3) is 0.700. The zero-order valence-electron chi connectivity index (χ0n) is 10.1. The fourth-order valence-electron chi connectivity index (χ4n) is 2.08. The highest BCUT2D eigenvalue weighted by molar-refractivity contribution is 7.89. The second-order valence-corrected chi connectivity index (χ2v) is 6.15. The van der Waals surface area contributed by atoms with Crippen molar-refractivity contribution in [3.63, 3.8) is 0 Å². The molecular formula is C10H18N4O3S.